The summed E-state index contributed by atoms with van der Waals surface area (Å²) in [5, 5.41) is 0. The van der Waals surface area contributed by atoms with Crippen LogP contribution < -0.4 is 17.1 Å². The molecule has 0 saturated heterocycles. The van der Waals surface area contributed by atoms with Crippen molar-refractivity contribution in [2.24, 2.45) is 0 Å². The van der Waals surface area contributed by atoms with E-state index in [1.807, 2.05) is 18.2 Å². The van der Waals surface area contributed by atoms with Gasteiger partial charge in [-0.05, 0) is 19.1 Å². The Balaban J connectivity index is 2.75. The van der Waals surface area contributed by atoms with E-state index in [2.05, 4.69) is 0 Å². The molecule has 0 spiro atoms. The van der Waals surface area contributed by atoms with E-state index in [4.69, 9.17) is 11.6 Å². The molecule has 2 aromatic rings. The number of rotatable bonds is 1. The first-order valence-electron chi connectivity index (χ1n) is 4.53. The summed E-state index contributed by atoms with van der Waals surface area (Å²) >= 11 is 0. The number of hydrogen-bond donors (Lipinski definition) is 2. The molecule has 1 heterocycles. The van der Waals surface area contributed by atoms with Crippen molar-refractivity contribution in [1.82, 2.24) is 9.47 Å². The molecule has 0 saturated carbocycles. The third kappa shape index (κ3) is 1.28. The molecule has 5 nitrogen and oxygen atoms in total. The number of hydrogen-bond acceptors (Lipinski definition) is 3. The van der Waals surface area contributed by atoms with E-state index in [1.165, 1.54) is 9.47 Å². The van der Waals surface area contributed by atoms with E-state index in [0.29, 0.717) is 11.4 Å². The molecule has 0 aliphatic heterocycles. The van der Waals surface area contributed by atoms with E-state index < -0.39 is 0 Å². The Morgan fingerprint density at radius 1 is 1.20 bits per heavy atom. The van der Waals surface area contributed by atoms with Gasteiger partial charge in [0.25, 0.3) is 5.56 Å². The highest BCUT2D eigenvalue weighted by Gasteiger charge is 2.12. The van der Waals surface area contributed by atoms with Gasteiger partial charge in [0.05, 0.1) is 11.4 Å². The molecule has 0 unspecified atom stereocenters. The third-order valence-electron chi connectivity index (χ3n) is 2.37. The lowest BCUT2D eigenvalue weighted by Crippen LogP contribution is -2.26. The van der Waals surface area contributed by atoms with Gasteiger partial charge in [-0.1, -0.05) is 18.2 Å². The minimum absolute atomic E-state index is 0.182. The lowest BCUT2D eigenvalue weighted by atomic mass is 10.3. The normalized spacial score (nSPS) is 10.5. The van der Waals surface area contributed by atoms with Crippen LogP contribution in [0.3, 0.4) is 0 Å². The summed E-state index contributed by atoms with van der Waals surface area (Å²) in [6.07, 6.45) is 0. The summed E-state index contributed by atoms with van der Waals surface area (Å²) in [6.45, 7) is 1.70. The average molecular weight is 204 g/mol. The molecule has 0 aliphatic rings. The molecule has 1 aromatic carbocycles. The van der Waals surface area contributed by atoms with Gasteiger partial charge in [0.1, 0.15) is 5.69 Å². The molecule has 0 atom stereocenters. The fourth-order valence-electron chi connectivity index (χ4n) is 1.45. The molecule has 78 valence electrons. The maximum absolute atomic E-state index is 11.7. The minimum Gasteiger partial charge on any atom is -0.393 e. The minimum atomic E-state index is -0.291. The summed E-state index contributed by atoms with van der Waals surface area (Å²) in [6, 6.07) is 9.13. The van der Waals surface area contributed by atoms with Crippen LogP contribution in [-0.4, -0.2) is 9.47 Å². The van der Waals surface area contributed by atoms with Gasteiger partial charge in [-0.15, -0.1) is 0 Å². The second-order valence-corrected chi connectivity index (χ2v) is 3.30. The van der Waals surface area contributed by atoms with Crippen LogP contribution in [0.2, 0.25) is 0 Å². The van der Waals surface area contributed by atoms with E-state index >= 15 is 0 Å². The highest BCUT2D eigenvalue weighted by atomic mass is 16.1. The monoisotopic (exact) mass is 204 g/mol. The van der Waals surface area contributed by atoms with Gasteiger partial charge < -0.3 is 11.6 Å². The summed E-state index contributed by atoms with van der Waals surface area (Å²) < 4.78 is 1.34. The highest BCUT2D eigenvalue weighted by molar-refractivity contribution is 5.44. The predicted molar refractivity (Wildman–Crippen MR) is 59.3 cm³/mol. The van der Waals surface area contributed by atoms with Gasteiger partial charge in [0, 0.05) is 0 Å². The smallest absolute Gasteiger partial charge is 0.296 e. The number of aromatic nitrogens is 2. The zero-order valence-electron chi connectivity index (χ0n) is 8.34. The predicted octanol–water partition coefficient (Wildman–Crippen LogP) is 0.243. The molecule has 15 heavy (non-hydrogen) atoms. The van der Waals surface area contributed by atoms with Crippen LogP contribution in [0.15, 0.2) is 35.1 Å². The SMILES string of the molecule is Cc1c(N)c(=O)n(-c2ccccc2)n1N. The molecule has 2 rings (SSSR count). The fourth-order valence-corrected chi connectivity index (χ4v) is 1.45. The molecule has 0 bridgehead atoms. The van der Waals surface area contributed by atoms with Crippen molar-refractivity contribution in [3.8, 4) is 5.69 Å². The topological polar surface area (TPSA) is 79.0 Å². The third-order valence-corrected chi connectivity index (χ3v) is 2.37. The molecule has 1 aromatic heterocycles. The van der Waals surface area contributed by atoms with E-state index in [9.17, 15) is 4.79 Å². The number of para-hydroxylation sites is 1. The van der Waals surface area contributed by atoms with Crippen molar-refractivity contribution >= 4 is 5.69 Å². The summed E-state index contributed by atoms with van der Waals surface area (Å²) in [5.74, 6) is 5.74. The maximum Gasteiger partial charge on any atom is 0.296 e. The standard InChI is InChI=1S/C10H12N4O/c1-7-9(11)10(15)13(14(7)12)8-5-3-2-4-6-8/h2-6H,11-12H2,1H3. The van der Waals surface area contributed by atoms with Crippen LogP contribution in [0.5, 0.6) is 0 Å². The largest absolute Gasteiger partial charge is 0.393 e. The van der Waals surface area contributed by atoms with E-state index in [-0.39, 0.29) is 11.2 Å². The first-order chi connectivity index (χ1) is 7.13. The molecular formula is C10H12N4O. The number of nitrogens with zero attached hydrogens (tertiary/aromatic N) is 2. The van der Waals surface area contributed by atoms with Crippen LogP contribution in [0.4, 0.5) is 5.69 Å². The zero-order valence-corrected chi connectivity index (χ0v) is 8.34. The zero-order chi connectivity index (χ0) is 11.0. The van der Waals surface area contributed by atoms with Gasteiger partial charge >= 0.3 is 0 Å². The number of nitrogens with two attached hydrogens (primary N) is 2. The molecule has 5 heteroatoms. The van der Waals surface area contributed by atoms with Crippen LogP contribution in [0.1, 0.15) is 5.69 Å². The Labute approximate surface area is 86.5 Å². The van der Waals surface area contributed by atoms with Gasteiger partial charge in [-0.2, -0.15) is 9.47 Å². The molecule has 0 fully saturated rings. The summed E-state index contributed by atoms with van der Waals surface area (Å²) in [5.41, 5.74) is 6.76. The lowest BCUT2D eigenvalue weighted by Gasteiger charge is -2.06. The van der Waals surface area contributed by atoms with Crippen LogP contribution in [-0.2, 0) is 0 Å². The molecule has 0 radical (unpaired) electrons. The second-order valence-electron chi connectivity index (χ2n) is 3.30. The number of benzene rings is 1. The molecule has 0 aliphatic carbocycles. The Morgan fingerprint density at radius 2 is 1.80 bits per heavy atom. The quantitative estimate of drug-likeness (QED) is 0.653. The van der Waals surface area contributed by atoms with Crippen molar-refractivity contribution < 1.29 is 0 Å². The van der Waals surface area contributed by atoms with Crippen LogP contribution in [0, 0.1) is 6.92 Å². The highest BCUT2D eigenvalue weighted by Crippen LogP contribution is 2.09. The van der Waals surface area contributed by atoms with Gasteiger partial charge in [-0.3, -0.25) is 4.79 Å². The van der Waals surface area contributed by atoms with Crippen molar-refractivity contribution in [2.75, 3.05) is 11.6 Å². The van der Waals surface area contributed by atoms with Gasteiger partial charge in [0.15, 0.2) is 0 Å². The molecule has 0 amide bonds. The Bertz CT molecular complexity index is 539. The number of nitrogen functional groups attached to an aromatic ring is 2. The van der Waals surface area contributed by atoms with Crippen molar-refractivity contribution in [2.45, 2.75) is 6.92 Å². The lowest BCUT2D eigenvalue weighted by molar-refractivity contribution is 0.673. The number of anilines is 1. The van der Waals surface area contributed by atoms with E-state index in [1.54, 1.807) is 19.1 Å². The fraction of sp³-hybridized carbons (Fsp3) is 0.100. The Hall–Kier alpha value is -2.17. The van der Waals surface area contributed by atoms with Crippen molar-refractivity contribution in [3.05, 3.63) is 46.4 Å². The first-order valence-corrected chi connectivity index (χ1v) is 4.53. The van der Waals surface area contributed by atoms with E-state index in [0.717, 1.165) is 0 Å². The average Bonchev–Trinajstić information content (AvgIpc) is 2.45. The molecule has 4 N–H and O–H groups in total. The van der Waals surface area contributed by atoms with Crippen LogP contribution in [0.25, 0.3) is 5.69 Å². The first kappa shape index (κ1) is 9.39. The second kappa shape index (κ2) is 3.20. The van der Waals surface area contributed by atoms with Gasteiger partial charge in [-0.25, -0.2) is 0 Å². The summed E-state index contributed by atoms with van der Waals surface area (Å²) in [4.78, 5) is 13.0. The maximum atomic E-state index is 11.7. The Morgan fingerprint density at radius 3 is 2.27 bits per heavy atom. The van der Waals surface area contributed by atoms with Crippen molar-refractivity contribution in [1.29, 1.82) is 0 Å². The van der Waals surface area contributed by atoms with Crippen molar-refractivity contribution in [3.63, 3.8) is 0 Å². The van der Waals surface area contributed by atoms with Gasteiger partial charge in [0.2, 0.25) is 0 Å². The molecular weight excluding hydrogens is 192 g/mol. The summed E-state index contributed by atoms with van der Waals surface area (Å²) in [7, 11) is 0. The van der Waals surface area contributed by atoms with Crippen LogP contribution >= 0.6 is 0 Å². The Kier molecular flexibility index (Phi) is 2.00.